The van der Waals surface area contributed by atoms with Crippen molar-refractivity contribution in [1.82, 2.24) is 4.90 Å². The van der Waals surface area contributed by atoms with Crippen molar-refractivity contribution in [2.24, 2.45) is 11.8 Å². The number of nitrogens with zero attached hydrogens (tertiary/aromatic N) is 1. The molecule has 0 aliphatic heterocycles. The highest BCUT2D eigenvalue weighted by Gasteiger charge is 2.33. The summed E-state index contributed by atoms with van der Waals surface area (Å²) >= 11 is 0. The molecule has 0 radical (unpaired) electrons. The lowest BCUT2D eigenvalue weighted by molar-refractivity contribution is 0.0956. The second kappa shape index (κ2) is 4.19. The minimum atomic E-state index is -0.0242. The van der Waals surface area contributed by atoms with Crippen molar-refractivity contribution < 1.29 is 5.11 Å². The van der Waals surface area contributed by atoms with E-state index in [-0.39, 0.29) is 6.10 Å². The van der Waals surface area contributed by atoms with Gasteiger partial charge in [0.25, 0.3) is 0 Å². The molecule has 0 aromatic heterocycles. The molecule has 0 saturated heterocycles. The molecule has 3 unspecified atom stereocenters. The molecule has 2 saturated carbocycles. The molecule has 14 heavy (non-hydrogen) atoms. The molecule has 0 aromatic carbocycles. The number of rotatable bonds is 4. The first-order valence-corrected chi connectivity index (χ1v) is 6.07. The van der Waals surface area contributed by atoms with E-state index in [1.54, 1.807) is 0 Å². The van der Waals surface area contributed by atoms with Gasteiger partial charge in [0.05, 0.1) is 6.10 Å². The Balaban J connectivity index is 1.77. The van der Waals surface area contributed by atoms with Crippen LogP contribution in [0.1, 0.15) is 39.0 Å². The van der Waals surface area contributed by atoms with Crippen LogP contribution in [0.2, 0.25) is 0 Å². The Morgan fingerprint density at radius 3 is 2.50 bits per heavy atom. The van der Waals surface area contributed by atoms with Gasteiger partial charge >= 0.3 is 0 Å². The Morgan fingerprint density at radius 2 is 2.00 bits per heavy atom. The molecule has 0 amide bonds. The lowest BCUT2D eigenvalue weighted by Crippen LogP contribution is -2.37. The number of aliphatic hydroxyl groups excluding tert-OH is 1. The molecule has 0 heterocycles. The summed E-state index contributed by atoms with van der Waals surface area (Å²) in [5, 5.41) is 9.75. The van der Waals surface area contributed by atoms with Crippen molar-refractivity contribution >= 4 is 0 Å². The Kier molecular flexibility index (Phi) is 3.13. The van der Waals surface area contributed by atoms with E-state index in [2.05, 4.69) is 18.9 Å². The summed E-state index contributed by atoms with van der Waals surface area (Å²) in [6.45, 7) is 3.43. The molecule has 2 rings (SSSR count). The zero-order valence-corrected chi connectivity index (χ0v) is 9.45. The topological polar surface area (TPSA) is 23.5 Å². The van der Waals surface area contributed by atoms with Crippen LogP contribution in [0.25, 0.3) is 0 Å². The summed E-state index contributed by atoms with van der Waals surface area (Å²) in [7, 11) is 2.22. The standard InChI is InChI=1S/C12H23NO/c1-9(10-6-7-10)13(2)8-11-4-3-5-12(11)14/h9-12,14H,3-8H2,1-2H3. The van der Waals surface area contributed by atoms with E-state index in [1.807, 2.05) is 0 Å². The Hall–Kier alpha value is -0.0800. The average molecular weight is 197 g/mol. The van der Waals surface area contributed by atoms with E-state index in [4.69, 9.17) is 0 Å². The van der Waals surface area contributed by atoms with Gasteiger partial charge in [-0.2, -0.15) is 0 Å². The van der Waals surface area contributed by atoms with E-state index in [0.717, 1.165) is 24.9 Å². The quantitative estimate of drug-likeness (QED) is 0.744. The molecule has 0 aromatic rings. The highest BCUT2D eigenvalue weighted by molar-refractivity contribution is 4.86. The largest absolute Gasteiger partial charge is 0.393 e. The Bertz CT molecular complexity index is 191. The fraction of sp³-hybridized carbons (Fsp3) is 1.00. The lowest BCUT2D eigenvalue weighted by atomic mass is 10.0. The monoisotopic (exact) mass is 197 g/mol. The van der Waals surface area contributed by atoms with Gasteiger partial charge in [-0.25, -0.2) is 0 Å². The summed E-state index contributed by atoms with van der Waals surface area (Å²) in [4.78, 5) is 2.46. The third-order valence-corrected chi connectivity index (χ3v) is 4.14. The van der Waals surface area contributed by atoms with E-state index < -0.39 is 0 Å². The first kappa shape index (κ1) is 10.4. The summed E-state index contributed by atoms with van der Waals surface area (Å²) < 4.78 is 0. The van der Waals surface area contributed by atoms with Gasteiger partial charge in [-0.05, 0) is 51.5 Å². The fourth-order valence-electron chi connectivity index (χ4n) is 2.70. The van der Waals surface area contributed by atoms with Crippen molar-refractivity contribution in [3.8, 4) is 0 Å². The van der Waals surface area contributed by atoms with Gasteiger partial charge in [-0.1, -0.05) is 6.42 Å². The van der Waals surface area contributed by atoms with Gasteiger partial charge in [-0.15, -0.1) is 0 Å². The van der Waals surface area contributed by atoms with Gasteiger partial charge in [0.2, 0.25) is 0 Å². The second-order valence-corrected chi connectivity index (χ2v) is 5.28. The zero-order valence-electron chi connectivity index (χ0n) is 9.45. The average Bonchev–Trinajstić information content (AvgIpc) is 2.92. The van der Waals surface area contributed by atoms with E-state index in [9.17, 15) is 5.11 Å². The van der Waals surface area contributed by atoms with Crippen LogP contribution in [0.5, 0.6) is 0 Å². The lowest BCUT2D eigenvalue weighted by Gasteiger charge is -2.28. The molecule has 0 bridgehead atoms. The first-order chi connectivity index (χ1) is 6.68. The molecule has 2 aliphatic carbocycles. The first-order valence-electron chi connectivity index (χ1n) is 6.07. The van der Waals surface area contributed by atoms with Crippen molar-refractivity contribution in [3.63, 3.8) is 0 Å². The Morgan fingerprint density at radius 1 is 1.29 bits per heavy atom. The van der Waals surface area contributed by atoms with E-state index >= 15 is 0 Å². The van der Waals surface area contributed by atoms with Crippen molar-refractivity contribution in [1.29, 1.82) is 0 Å². The fourth-order valence-corrected chi connectivity index (χ4v) is 2.70. The molecule has 2 nitrogen and oxygen atoms in total. The Labute approximate surface area is 87.3 Å². The predicted octanol–water partition coefficient (Wildman–Crippen LogP) is 1.88. The van der Waals surface area contributed by atoms with Crippen LogP contribution in [0.4, 0.5) is 0 Å². The third kappa shape index (κ3) is 2.29. The van der Waals surface area contributed by atoms with Crippen molar-refractivity contribution in [3.05, 3.63) is 0 Å². The van der Waals surface area contributed by atoms with Crippen molar-refractivity contribution in [2.45, 2.75) is 51.2 Å². The highest BCUT2D eigenvalue weighted by atomic mass is 16.3. The van der Waals surface area contributed by atoms with Gasteiger partial charge in [-0.3, -0.25) is 0 Å². The molecule has 2 aliphatic rings. The molecule has 82 valence electrons. The SMILES string of the molecule is CC(C1CC1)N(C)CC1CCCC1O. The summed E-state index contributed by atoms with van der Waals surface area (Å²) in [6.07, 6.45) is 6.28. The van der Waals surface area contributed by atoms with Gasteiger partial charge < -0.3 is 10.0 Å². The zero-order chi connectivity index (χ0) is 10.1. The predicted molar refractivity (Wildman–Crippen MR) is 58.2 cm³/mol. The second-order valence-electron chi connectivity index (χ2n) is 5.28. The van der Waals surface area contributed by atoms with Crippen LogP contribution in [0, 0.1) is 11.8 Å². The molecule has 0 spiro atoms. The summed E-state index contributed by atoms with van der Waals surface area (Å²) in [6, 6.07) is 0.725. The normalized spacial score (nSPS) is 35.1. The van der Waals surface area contributed by atoms with Crippen LogP contribution in [-0.4, -0.2) is 35.7 Å². The minimum absolute atomic E-state index is 0.0242. The molecule has 2 fully saturated rings. The van der Waals surface area contributed by atoms with Crippen LogP contribution in [0.15, 0.2) is 0 Å². The van der Waals surface area contributed by atoms with Crippen LogP contribution >= 0.6 is 0 Å². The molecule has 2 heteroatoms. The summed E-state index contributed by atoms with van der Waals surface area (Å²) in [5.74, 6) is 1.49. The van der Waals surface area contributed by atoms with E-state index in [1.165, 1.54) is 25.7 Å². The van der Waals surface area contributed by atoms with Gasteiger partial charge in [0, 0.05) is 12.6 Å². The number of hydrogen-bond donors (Lipinski definition) is 1. The van der Waals surface area contributed by atoms with Crippen LogP contribution in [0.3, 0.4) is 0 Å². The van der Waals surface area contributed by atoms with Gasteiger partial charge in [0.1, 0.15) is 0 Å². The van der Waals surface area contributed by atoms with Crippen LogP contribution < -0.4 is 0 Å². The summed E-state index contributed by atoms with van der Waals surface area (Å²) in [5.41, 5.74) is 0. The third-order valence-electron chi connectivity index (χ3n) is 4.14. The molecular weight excluding hydrogens is 174 g/mol. The molecule has 1 N–H and O–H groups in total. The minimum Gasteiger partial charge on any atom is -0.393 e. The molecule has 3 atom stereocenters. The maximum Gasteiger partial charge on any atom is 0.0580 e. The highest BCUT2D eigenvalue weighted by Crippen LogP contribution is 2.35. The number of hydrogen-bond acceptors (Lipinski definition) is 2. The van der Waals surface area contributed by atoms with Crippen LogP contribution in [-0.2, 0) is 0 Å². The van der Waals surface area contributed by atoms with Gasteiger partial charge in [0.15, 0.2) is 0 Å². The smallest absolute Gasteiger partial charge is 0.0580 e. The van der Waals surface area contributed by atoms with E-state index in [0.29, 0.717) is 5.92 Å². The maximum absolute atomic E-state index is 9.75. The van der Waals surface area contributed by atoms with Crippen molar-refractivity contribution in [2.75, 3.05) is 13.6 Å². The maximum atomic E-state index is 9.75. The number of aliphatic hydroxyl groups is 1. The molecular formula is C12H23NO.